The van der Waals surface area contributed by atoms with Crippen LogP contribution in [0.5, 0.6) is 0 Å². The Morgan fingerprint density at radius 2 is 2.03 bits per heavy atom. The Kier molecular flexibility index (Phi) is 5.86. The molecule has 2 aromatic rings. The topological polar surface area (TPSA) is 121 Å². The summed E-state index contributed by atoms with van der Waals surface area (Å²) in [6.07, 6.45) is 2.82. The van der Waals surface area contributed by atoms with E-state index in [0.717, 1.165) is 17.7 Å². The molecular formula is C20H25N5O4. The first-order chi connectivity index (χ1) is 13.8. The Morgan fingerprint density at radius 3 is 2.69 bits per heavy atom. The van der Waals surface area contributed by atoms with Crippen LogP contribution in [0.1, 0.15) is 43.0 Å². The SMILES string of the molecule is CCCCn1c(N)c(N(C)C(=O)c2cccc(N3CCCC3=O)c2)c(=O)[nH]c1=O. The van der Waals surface area contributed by atoms with Crippen LogP contribution in [0.3, 0.4) is 0 Å². The second-order valence-electron chi connectivity index (χ2n) is 7.06. The average molecular weight is 399 g/mol. The maximum absolute atomic E-state index is 13.0. The summed E-state index contributed by atoms with van der Waals surface area (Å²) < 4.78 is 1.27. The molecule has 1 aromatic carbocycles. The molecule has 1 fully saturated rings. The Morgan fingerprint density at radius 1 is 1.28 bits per heavy atom. The fourth-order valence-electron chi connectivity index (χ4n) is 3.46. The zero-order chi connectivity index (χ0) is 21.1. The number of nitrogen functional groups attached to an aromatic ring is 1. The van der Waals surface area contributed by atoms with Crippen LogP contribution in [0.4, 0.5) is 17.2 Å². The predicted octanol–water partition coefficient (Wildman–Crippen LogP) is 1.32. The van der Waals surface area contributed by atoms with Crippen LogP contribution in [0.15, 0.2) is 33.9 Å². The molecule has 1 aliphatic heterocycles. The van der Waals surface area contributed by atoms with E-state index in [1.165, 1.54) is 11.6 Å². The van der Waals surface area contributed by atoms with E-state index in [0.29, 0.717) is 37.2 Å². The van der Waals surface area contributed by atoms with Crippen LogP contribution < -0.4 is 26.8 Å². The number of aromatic amines is 1. The smallest absolute Gasteiger partial charge is 0.330 e. The third-order valence-electron chi connectivity index (χ3n) is 5.07. The van der Waals surface area contributed by atoms with Gasteiger partial charge >= 0.3 is 5.69 Å². The Hall–Kier alpha value is -3.36. The van der Waals surface area contributed by atoms with E-state index >= 15 is 0 Å². The number of hydrogen-bond donors (Lipinski definition) is 2. The molecule has 9 nitrogen and oxygen atoms in total. The molecule has 154 valence electrons. The normalized spacial score (nSPS) is 13.7. The van der Waals surface area contributed by atoms with Crippen LogP contribution >= 0.6 is 0 Å². The van der Waals surface area contributed by atoms with Crippen LogP contribution in [-0.4, -0.2) is 35.0 Å². The number of carbonyl (C=O) groups is 2. The standard InChI is InChI=1S/C20H25N5O4/c1-3-4-10-25-17(21)16(18(27)22-20(25)29)23(2)19(28)13-7-5-8-14(12-13)24-11-6-9-15(24)26/h5,7-8,12H,3-4,6,9-11,21H2,1-2H3,(H,22,27,29). The fraction of sp³-hybridized carbons (Fsp3) is 0.400. The third-order valence-corrected chi connectivity index (χ3v) is 5.07. The lowest BCUT2D eigenvalue weighted by atomic mass is 10.1. The Balaban J connectivity index is 1.96. The van der Waals surface area contributed by atoms with Gasteiger partial charge in [-0.2, -0.15) is 0 Å². The molecule has 29 heavy (non-hydrogen) atoms. The number of unbranched alkanes of at least 4 members (excludes halogenated alkanes) is 1. The van der Waals surface area contributed by atoms with E-state index in [2.05, 4.69) is 4.98 Å². The summed E-state index contributed by atoms with van der Waals surface area (Å²) in [5.74, 6) is -0.489. The molecule has 1 aliphatic rings. The van der Waals surface area contributed by atoms with Crippen LogP contribution in [0.25, 0.3) is 0 Å². The number of carbonyl (C=O) groups excluding carboxylic acids is 2. The second kappa shape index (κ2) is 8.34. The fourth-order valence-corrected chi connectivity index (χ4v) is 3.46. The van der Waals surface area contributed by atoms with E-state index in [1.54, 1.807) is 29.2 Å². The van der Waals surface area contributed by atoms with Crippen molar-refractivity contribution in [3.63, 3.8) is 0 Å². The van der Waals surface area contributed by atoms with Crippen molar-refractivity contribution in [2.45, 2.75) is 39.2 Å². The maximum Gasteiger partial charge on any atom is 0.330 e. The minimum Gasteiger partial charge on any atom is -0.383 e. The van der Waals surface area contributed by atoms with Crippen molar-refractivity contribution in [1.82, 2.24) is 9.55 Å². The van der Waals surface area contributed by atoms with Gasteiger partial charge in [-0.05, 0) is 31.0 Å². The van der Waals surface area contributed by atoms with E-state index in [4.69, 9.17) is 5.73 Å². The summed E-state index contributed by atoms with van der Waals surface area (Å²) in [4.78, 5) is 54.5. The average Bonchev–Trinajstić information content (AvgIpc) is 3.13. The van der Waals surface area contributed by atoms with Crippen molar-refractivity contribution < 1.29 is 9.59 Å². The molecule has 1 aromatic heterocycles. The summed E-state index contributed by atoms with van der Waals surface area (Å²) in [6.45, 7) is 2.93. The zero-order valence-corrected chi connectivity index (χ0v) is 16.6. The lowest BCUT2D eigenvalue weighted by Gasteiger charge is -2.21. The number of hydrogen-bond acceptors (Lipinski definition) is 5. The largest absolute Gasteiger partial charge is 0.383 e. The molecule has 0 saturated carbocycles. The number of nitrogens with two attached hydrogens (primary N) is 1. The summed E-state index contributed by atoms with van der Waals surface area (Å²) in [6, 6.07) is 6.70. The lowest BCUT2D eigenvalue weighted by molar-refractivity contribution is -0.117. The number of nitrogens with one attached hydrogen (secondary N) is 1. The molecule has 2 amide bonds. The van der Waals surface area contributed by atoms with Gasteiger partial charge < -0.3 is 15.5 Å². The maximum atomic E-state index is 13.0. The van der Waals surface area contributed by atoms with E-state index in [1.807, 2.05) is 6.92 Å². The summed E-state index contributed by atoms with van der Waals surface area (Å²) >= 11 is 0. The number of benzene rings is 1. The molecular weight excluding hydrogens is 374 g/mol. The van der Waals surface area contributed by atoms with Crippen molar-refractivity contribution in [3.8, 4) is 0 Å². The molecule has 0 radical (unpaired) electrons. The molecule has 0 spiro atoms. The first-order valence-corrected chi connectivity index (χ1v) is 9.66. The van der Waals surface area contributed by atoms with E-state index in [-0.39, 0.29) is 17.4 Å². The van der Waals surface area contributed by atoms with Gasteiger partial charge in [0.05, 0.1) is 0 Å². The lowest BCUT2D eigenvalue weighted by Crippen LogP contribution is -2.39. The van der Waals surface area contributed by atoms with Gasteiger partial charge in [-0.3, -0.25) is 23.9 Å². The van der Waals surface area contributed by atoms with Crippen molar-refractivity contribution in [3.05, 3.63) is 50.7 Å². The predicted molar refractivity (Wildman–Crippen MR) is 111 cm³/mol. The van der Waals surface area contributed by atoms with Gasteiger partial charge in [-0.15, -0.1) is 0 Å². The second-order valence-corrected chi connectivity index (χ2v) is 7.06. The zero-order valence-electron chi connectivity index (χ0n) is 16.6. The number of nitrogens with zero attached hydrogens (tertiary/aromatic N) is 3. The first-order valence-electron chi connectivity index (χ1n) is 9.66. The minimum atomic E-state index is -0.720. The number of anilines is 3. The van der Waals surface area contributed by atoms with Crippen molar-refractivity contribution in [1.29, 1.82) is 0 Å². The highest BCUT2D eigenvalue weighted by molar-refractivity contribution is 6.08. The highest BCUT2D eigenvalue weighted by atomic mass is 16.2. The molecule has 3 rings (SSSR count). The van der Waals surface area contributed by atoms with Gasteiger partial charge in [0, 0.05) is 37.8 Å². The molecule has 0 aliphatic carbocycles. The Labute approximate surface area is 167 Å². The van der Waals surface area contributed by atoms with Gasteiger partial charge in [0.1, 0.15) is 5.82 Å². The molecule has 0 unspecified atom stereocenters. The molecule has 0 bridgehead atoms. The van der Waals surface area contributed by atoms with E-state index in [9.17, 15) is 19.2 Å². The van der Waals surface area contributed by atoms with Gasteiger partial charge in [-0.1, -0.05) is 19.4 Å². The molecule has 1 saturated heterocycles. The molecule has 9 heteroatoms. The van der Waals surface area contributed by atoms with Gasteiger partial charge in [0.2, 0.25) is 5.91 Å². The van der Waals surface area contributed by atoms with Gasteiger partial charge in [-0.25, -0.2) is 4.79 Å². The molecule has 2 heterocycles. The molecule has 3 N–H and O–H groups in total. The van der Waals surface area contributed by atoms with Gasteiger partial charge in [0.15, 0.2) is 5.69 Å². The number of amides is 2. The number of rotatable bonds is 6. The van der Waals surface area contributed by atoms with E-state index < -0.39 is 17.2 Å². The first kappa shape index (κ1) is 20.4. The third kappa shape index (κ3) is 3.94. The number of aromatic nitrogens is 2. The summed E-state index contributed by atoms with van der Waals surface area (Å²) in [7, 11) is 1.44. The highest BCUT2D eigenvalue weighted by Gasteiger charge is 2.25. The summed E-state index contributed by atoms with van der Waals surface area (Å²) in [5, 5.41) is 0. The van der Waals surface area contributed by atoms with Crippen LogP contribution in [-0.2, 0) is 11.3 Å². The molecule has 0 atom stereocenters. The van der Waals surface area contributed by atoms with Crippen LogP contribution in [0, 0.1) is 0 Å². The Bertz CT molecular complexity index is 1060. The van der Waals surface area contributed by atoms with Crippen molar-refractivity contribution in [2.24, 2.45) is 0 Å². The summed E-state index contributed by atoms with van der Waals surface area (Å²) in [5.41, 5.74) is 5.65. The monoisotopic (exact) mass is 399 g/mol. The van der Waals surface area contributed by atoms with Crippen molar-refractivity contribution >= 4 is 29.0 Å². The van der Waals surface area contributed by atoms with Crippen LogP contribution in [0.2, 0.25) is 0 Å². The number of H-pyrrole nitrogens is 1. The van der Waals surface area contributed by atoms with Gasteiger partial charge in [0.25, 0.3) is 11.5 Å². The van der Waals surface area contributed by atoms with Crippen molar-refractivity contribution in [2.75, 3.05) is 29.1 Å². The minimum absolute atomic E-state index is 0.0200. The quantitative estimate of drug-likeness (QED) is 0.759. The highest BCUT2D eigenvalue weighted by Crippen LogP contribution is 2.24.